The first-order valence-electron chi connectivity index (χ1n) is 7.57. The Morgan fingerprint density at radius 2 is 2.13 bits per heavy atom. The number of allylic oxidation sites excluding steroid dienone is 2. The Kier molecular flexibility index (Phi) is 3.39. The number of carbonyl (C=O) groups is 2. The van der Waals surface area contributed by atoms with Crippen LogP contribution in [0.25, 0.3) is 0 Å². The van der Waals surface area contributed by atoms with Gasteiger partial charge in [-0.25, -0.2) is 0 Å². The minimum Gasteiger partial charge on any atom is -0.397 e. The van der Waals surface area contributed by atoms with E-state index in [-0.39, 0.29) is 11.7 Å². The van der Waals surface area contributed by atoms with Crippen LogP contribution in [0.3, 0.4) is 0 Å². The molecule has 0 spiro atoms. The maximum absolute atomic E-state index is 12.6. The van der Waals surface area contributed by atoms with Crippen molar-refractivity contribution in [1.29, 1.82) is 0 Å². The average Bonchev–Trinajstić information content (AvgIpc) is 3.14. The standard InChI is InChI=1S/C17H16N2O2S2/c18-15-14-11(23-16(15)17(19)21)7-8-3-1-4-9(20)12(8)13(14)10-5-2-6-22-10/h2,5-6,13H,1,3-4,7,18H2,(H2,19,21). The summed E-state index contributed by atoms with van der Waals surface area (Å²) >= 11 is 3.01. The average molecular weight is 344 g/mol. The van der Waals surface area contributed by atoms with Gasteiger partial charge in [-0.05, 0) is 24.3 Å². The van der Waals surface area contributed by atoms with E-state index in [4.69, 9.17) is 11.5 Å². The number of hydrogen-bond donors (Lipinski definition) is 2. The molecule has 0 radical (unpaired) electrons. The van der Waals surface area contributed by atoms with Crippen molar-refractivity contribution in [2.75, 3.05) is 5.73 Å². The Bertz CT molecular complexity index is 846. The predicted molar refractivity (Wildman–Crippen MR) is 93.0 cm³/mol. The molecular formula is C17H16N2O2S2. The van der Waals surface area contributed by atoms with Gasteiger partial charge < -0.3 is 11.5 Å². The van der Waals surface area contributed by atoms with Crippen molar-refractivity contribution in [2.45, 2.75) is 31.6 Å². The lowest BCUT2D eigenvalue weighted by Gasteiger charge is -2.31. The molecule has 1 atom stereocenters. The molecule has 23 heavy (non-hydrogen) atoms. The van der Waals surface area contributed by atoms with Crippen molar-refractivity contribution >= 4 is 40.1 Å². The van der Waals surface area contributed by atoms with Gasteiger partial charge >= 0.3 is 0 Å². The van der Waals surface area contributed by atoms with Crippen LogP contribution in [0.15, 0.2) is 28.7 Å². The van der Waals surface area contributed by atoms with E-state index in [9.17, 15) is 9.59 Å². The summed E-state index contributed by atoms with van der Waals surface area (Å²) in [7, 11) is 0. The van der Waals surface area contributed by atoms with E-state index in [1.165, 1.54) is 16.9 Å². The summed E-state index contributed by atoms with van der Waals surface area (Å²) in [4.78, 5) is 26.9. The van der Waals surface area contributed by atoms with E-state index < -0.39 is 5.91 Å². The van der Waals surface area contributed by atoms with E-state index in [1.54, 1.807) is 11.3 Å². The minimum absolute atomic E-state index is 0.133. The van der Waals surface area contributed by atoms with Crippen LogP contribution in [-0.2, 0) is 11.2 Å². The second-order valence-electron chi connectivity index (χ2n) is 5.97. The Morgan fingerprint density at radius 1 is 1.30 bits per heavy atom. The number of hydrogen-bond acceptors (Lipinski definition) is 5. The van der Waals surface area contributed by atoms with Gasteiger partial charge in [-0.2, -0.15) is 0 Å². The minimum atomic E-state index is -0.490. The first kappa shape index (κ1) is 14.7. The predicted octanol–water partition coefficient (Wildman–Crippen LogP) is 3.23. The topological polar surface area (TPSA) is 86.2 Å². The quantitative estimate of drug-likeness (QED) is 0.877. The number of fused-ring (bicyclic) bond motifs is 1. The SMILES string of the molecule is NC(=O)c1sc2c(c1N)C(c1cccs1)C1=C(CCCC1=O)C2. The van der Waals surface area contributed by atoms with Gasteiger partial charge in [0.25, 0.3) is 5.91 Å². The van der Waals surface area contributed by atoms with Crippen molar-refractivity contribution in [2.24, 2.45) is 5.73 Å². The molecule has 0 aromatic carbocycles. The van der Waals surface area contributed by atoms with Gasteiger partial charge in [0.05, 0.1) is 5.69 Å². The molecule has 2 aromatic rings. The van der Waals surface area contributed by atoms with Gasteiger partial charge in [0.15, 0.2) is 5.78 Å². The van der Waals surface area contributed by atoms with E-state index in [2.05, 4.69) is 0 Å². The number of anilines is 1. The van der Waals surface area contributed by atoms with Crippen LogP contribution >= 0.6 is 22.7 Å². The summed E-state index contributed by atoms with van der Waals surface area (Å²) < 4.78 is 0. The monoisotopic (exact) mass is 344 g/mol. The van der Waals surface area contributed by atoms with Crippen molar-refractivity contribution in [3.8, 4) is 0 Å². The van der Waals surface area contributed by atoms with Crippen LogP contribution in [0.5, 0.6) is 0 Å². The molecule has 0 aliphatic heterocycles. The Hall–Kier alpha value is -1.92. The van der Waals surface area contributed by atoms with Gasteiger partial charge in [-0.1, -0.05) is 11.6 Å². The molecule has 0 bridgehead atoms. The van der Waals surface area contributed by atoms with E-state index in [1.807, 2.05) is 17.5 Å². The number of nitrogens with two attached hydrogens (primary N) is 2. The molecule has 0 saturated heterocycles. The molecule has 0 saturated carbocycles. The number of Topliss-reactive ketones (excluding diaryl/α,β-unsaturated/α-hetero) is 1. The molecule has 118 valence electrons. The summed E-state index contributed by atoms with van der Waals surface area (Å²) in [5.74, 6) is -0.399. The summed E-state index contributed by atoms with van der Waals surface area (Å²) in [5, 5.41) is 2.01. The lowest BCUT2D eigenvalue weighted by Crippen LogP contribution is -2.24. The second kappa shape index (κ2) is 5.32. The zero-order valence-corrected chi connectivity index (χ0v) is 14.1. The molecule has 2 aliphatic carbocycles. The number of rotatable bonds is 2. The Morgan fingerprint density at radius 3 is 2.83 bits per heavy atom. The summed E-state index contributed by atoms with van der Waals surface area (Å²) in [6.45, 7) is 0. The number of nitrogen functional groups attached to an aromatic ring is 1. The molecular weight excluding hydrogens is 328 g/mol. The third kappa shape index (κ3) is 2.16. The van der Waals surface area contributed by atoms with Crippen molar-refractivity contribution in [1.82, 2.24) is 0 Å². The van der Waals surface area contributed by atoms with Crippen molar-refractivity contribution in [3.63, 3.8) is 0 Å². The fourth-order valence-electron chi connectivity index (χ4n) is 3.69. The number of thiophene rings is 2. The smallest absolute Gasteiger partial charge is 0.260 e. The summed E-state index contributed by atoms with van der Waals surface area (Å²) in [5.41, 5.74) is 15.3. The zero-order valence-electron chi connectivity index (χ0n) is 12.4. The van der Waals surface area contributed by atoms with E-state index >= 15 is 0 Å². The maximum Gasteiger partial charge on any atom is 0.260 e. The van der Waals surface area contributed by atoms with Crippen molar-refractivity contribution < 1.29 is 9.59 Å². The molecule has 1 unspecified atom stereocenters. The molecule has 1 amide bonds. The summed E-state index contributed by atoms with van der Waals surface area (Å²) in [6.07, 6.45) is 3.18. The van der Waals surface area contributed by atoms with Crippen LogP contribution in [0.4, 0.5) is 5.69 Å². The van der Waals surface area contributed by atoms with Gasteiger partial charge in [0.1, 0.15) is 4.88 Å². The number of carbonyl (C=O) groups excluding carboxylic acids is 2. The molecule has 2 heterocycles. The Balaban J connectivity index is 1.97. The van der Waals surface area contributed by atoms with Crippen LogP contribution in [0.2, 0.25) is 0 Å². The van der Waals surface area contributed by atoms with Gasteiger partial charge in [0, 0.05) is 39.7 Å². The molecule has 4 N–H and O–H groups in total. The summed E-state index contributed by atoms with van der Waals surface area (Å²) in [6, 6.07) is 4.03. The largest absolute Gasteiger partial charge is 0.397 e. The fraction of sp³-hybridized carbons (Fsp3) is 0.294. The van der Waals surface area contributed by atoms with Crippen LogP contribution in [0.1, 0.15) is 50.2 Å². The fourth-order valence-corrected chi connectivity index (χ4v) is 5.69. The first-order valence-corrected chi connectivity index (χ1v) is 9.27. The highest BCUT2D eigenvalue weighted by atomic mass is 32.1. The van der Waals surface area contributed by atoms with Crippen LogP contribution < -0.4 is 11.5 Å². The van der Waals surface area contributed by atoms with Gasteiger partial charge in [-0.15, -0.1) is 22.7 Å². The zero-order chi connectivity index (χ0) is 16.1. The lowest BCUT2D eigenvalue weighted by molar-refractivity contribution is -0.116. The van der Waals surface area contributed by atoms with E-state index in [0.717, 1.165) is 40.2 Å². The third-order valence-electron chi connectivity index (χ3n) is 4.63. The van der Waals surface area contributed by atoms with Crippen LogP contribution in [-0.4, -0.2) is 11.7 Å². The van der Waals surface area contributed by atoms with Crippen molar-refractivity contribution in [3.05, 3.63) is 48.9 Å². The van der Waals surface area contributed by atoms with Crippen LogP contribution in [0, 0.1) is 0 Å². The molecule has 2 aliphatic rings. The molecule has 6 heteroatoms. The lowest BCUT2D eigenvalue weighted by atomic mass is 9.73. The molecule has 0 fully saturated rings. The highest BCUT2D eigenvalue weighted by Crippen LogP contribution is 2.51. The van der Waals surface area contributed by atoms with Gasteiger partial charge in [-0.3, -0.25) is 9.59 Å². The van der Waals surface area contributed by atoms with Gasteiger partial charge in [0.2, 0.25) is 0 Å². The second-order valence-corrected chi connectivity index (χ2v) is 8.05. The molecule has 4 nitrogen and oxygen atoms in total. The van der Waals surface area contributed by atoms with E-state index in [0.29, 0.717) is 17.0 Å². The number of primary amides is 1. The highest BCUT2D eigenvalue weighted by Gasteiger charge is 2.38. The third-order valence-corrected chi connectivity index (χ3v) is 6.80. The molecule has 2 aromatic heterocycles. The number of ketones is 1. The maximum atomic E-state index is 12.6. The molecule has 4 rings (SSSR count). The Labute approximate surface area is 141 Å². The first-order chi connectivity index (χ1) is 11.1. The number of amides is 1. The normalized spacial score (nSPS) is 20.3. The highest BCUT2D eigenvalue weighted by molar-refractivity contribution is 7.15.